The Morgan fingerprint density at radius 2 is 1.69 bits per heavy atom. The first-order valence-electron chi connectivity index (χ1n) is 8.65. The molecule has 4 rings (SSSR count). The van der Waals surface area contributed by atoms with Gasteiger partial charge in [-0.05, 0) is 47.4 Å². The third-order valence-electron chi connectivity index (χ3n) is 4.38. The van der Waals surface area contributed by atoms with Crippen LogP contribution in [0.1, 0.15) is 11.3 Å². The van der Waals surface area contributed by atoms with Crippen LogP contribution in [0, 0.1) is 6.92 Å². The van der Waals surface area contributed by atoms with Crippen molar-refractivity contribution < 1.29 is 0 Å². The second kappa shape index (κ2) is 7.23. The molecular weight excluding hydrogens is 320 g/mol. The molecule has 0 radical (unpaired) electrons. The lowest BCUT2D eigenvalue weighted by molar-refractivity contribution is 0.976. The van der Waals surface area contributed by atoms with E-state index in [1.807, 2.05) is 30.5 Å². The number of benzene rings is 2. The summed E-state index contributed by atoms with van der Waals surface area (Å²) in [7, 11) is 0. The molecule has 0 fully saturated rings. The van der Waals surface area contributed by atoms with E-state index in [4.69, 9.17) is 0 Å². The summed E-state index contributed by atoms with van der Waals surface area (Å²) < 4.78 is 0. The molecule has 0 bridgehead atoms. The predicted molar refractivity (Wildman–Crippen MR) is 106 cm³/mol. The van der Waals surface area contributed by atoms with Crippen molar-refractivity contribution in [1.29, 1.82) is 0 Å². The Kier molecular flexibility index (Phi) is 4.48. The van der Waals surface area contributed by atoms with Crippen molar-refractivity contribution in [3.8, 4) is 22.4 Å². The minimum atomic E-state index is 0.619. The van der Waals surface area contributed by atoms with E-state index in [9.17, 15) is 0 Å². The van der Waals surface area contributed by atoms with Crippen LogP contribution in [0.25, 0.3) is 22.4 Å². The third kappa shape index (κ3) is 3.49. The number of aromatic amines is 1. The zero-order valence-corrected chi connectivity index (χ0v) is 14.6. The summed E-state index contributed by atoms with van der Waals surface area (Å²) in [4.78, 5) is 4.43. The molecule has 26 heavy (non-hydrogen) atoms. The lowest BCUT2D eigenvalue weighted by Crippen LogP contribution is -2.01. The molecule has 4 aromatic rings. The minimum Gasteiger partial charge on any atom is -0.364 e. The average molecular weight is 340 g/mol. The van der Waals surface area contributed by atoms with Gasteiger partial charge in [0, 0.05) is 6.20 Å². The van der Waals surface area contributed by atoms with E-state index in [0.29, 0.717) is 6.54 Å². The largest absolute Gasteiger partial charge is 0.364 e. The Bertz CT molecular complexity index is 1010. The molecule has 0 saturated heterocycles. The van der Waals surface area contributed by atoms with Gasteiger partial charge in [0.1, 0.15) is 5.82 Å². The van der Waals surface area contributed by atoms with Crippen LogP contribution >= 0.6 is 0 Å². The van der Waals surface area contributed by atoms with E-state index in [1.165, 1.54) is 11.1 Å². The molecule has 0 aliphatic heterocycles. The molecule has 4 nitrogen and oxygen atoms in total. The van der Waals surface area contributed by atoms with Gasteiger partial charge in [-0.2, -0.15) is 5.10 Å². The highest BCUT2D eigenvalue weighted by molar-refractivity contribution is 5.69. The molecule has 2 aromatic heterocycles. The summed E-state index contributed by atoms with van der Waals surface area (Å²) in [5.41, 5.74) is 6.74. The van der Waals surface area contributed by atoms with Crippen molar-refractivity contribution in [2.45, 2.75) is 13.5 Å². The molecule has 2 aromatic carbocycles. The quantitative estimate of drug-likeness (QED) is 0.534. The Balaban J connectivity index is 1.48. The lowest BCUT2D eigenvalue weighted by Gasteiger charge is -2.08. The van der Waals surface area contributed by atoms with E-state index < -0.39 is 0 Å². The molecule has 0 unspecified atom stereocenters. The van der Waals surface area contributed by atoms with Crippen molar-refractivity contribution in [2.75, 3.05) is 5.32 Å². The normalized spacial score (nSPS) is 10.7. The van der Waals surface area contributed by atoms with Gasteiger partial charge in [-0.25, -0.2) is 4.98 Å². The number of pyridine rings is 1. The van der Waals surface area contributed by atoms with Gasteiger partial charge >= 0.3 is 0 Å². The maximum atomic E-state index is 4.43. The number of nitrogens with zero attached hydrogens (tertiary/aromatic N) is 2. The van der Waals surface area contributed by atoms with Crippen LogP contribution < -0.4 is 5.32 Å². The fourth-order valence-corrected chi connectivity index (χ4v) is 2.99. The first-order valence-corrected chi connectivity index (χ1v) is 8.65. The van der Waals surface area contributed by atoms with Crippen molar-refractivity contribution in [3.63, 3.8) is 0 Å². The van der Waals surface area contributed by atoms with Crippen LogP contribution in [-0.2, 0) is 6.54 Å². The van der Waals surface area contributed by atoms with Crippen LogP contribution in [0.4, 0.5) is 5.82 Å². The maximum Gasteiger partial charge on any atom is 0.126 e. The molecular formula is C22H20N4. The van der Waals surface area contributed by atoms with Gasteiger partial charge in [0.2, 0.25) is 0 Å². The number of aromatic nitrogens is 3. The molecule has 0 spiro atoms. The van der Waals surface area contributed by atoms with Crippen molar-refractivity contribution >= 4 is 5.82 Å². The Morgan fingerprint density at radius 3 is 2.54 bits per heavy atom. The zero-order chi connectivity index (χ0) is 17.8. The van der Waals surface area contributed by atoms with Gasteiger partial charge in [-0.1, -0.05) is 54.6 Å². The predicted octanol–water partition coefficient (Wildman–Crippen LogP) is 5.06. The molecule has 2 heterocycles. The fraction of sp³-hybridized carbons (Fsp3) is 0.0909. The van der Waals surface area contributed by atoms with Crippen molar-refractivity contribution in [2.24, 2.45) is 0 Å². The highest BCUT2D eigenvalue weighted by Crippen LogP contribution is 2.24. The van der Waals surface area contributed by atoms with Gasteiger partial charge < -0.3 is 5.32 Å². The molecule has 0 aliphatic rings. The Morgan fingerprint density at radius 1 is 0.885 bits per heavy atom. The highest BCUT2D eigenvalue weighted by Gasteiger charge is 2.05. The van der Waals surface area contributed by atoms with Crippen molar-refractivity contribution in [1.82, 2.24) is 15.2 Å². The van der Waals surface area contributed by atoms with E-state index in [-0.39, 0.29) is 0 Å². The van der Waals surface area contributed by atoms with E-state index in [2.05, 4.69) is 76.0 Å². The summed E-state index contributed by atoms with van der Waals surface area (Å²) in [5, 5.41) is 10.8. The number of aryl methyl sites for hydroxylation is 1. The first-order chi connectivity index (χ1) is 12.8. The van der Waals surface area contributed by atoms with Gasteiger partial charge in [0.25, 0.3) is 0 Å². The number of H-pyrrole nitrogens is 1. The first kappa shape index (κ1) is 16.1. The van der Waals surface area contributed by atoms with Gasteiger partial charge in [-0.15, -0.1) is 0 Å². The second-order valence-corrected chi connectivity index (χ2v) is 6.24. The highest BCUT2D eigenvalue weighted by atomic mass is 15.1. The topological polar surface area (TPSA) is 53.6 Å². The Labute approximate surface area is 152 Å². The standard InChI is InChI=1S/C22H20N4/c1-16-7-5-6-10-20(16)18-11-12-23-22(13-18)24-15-19-14-21(26-25-19)17-8-3-2-4-9-17/h2-14H,15H2,1H3,(H,23,24)(H,25,26). The van der Waals surface area contributed by atoms with Crippen LogP contribution in [0.2, 0.25) is 0 Å². The summed E-state index contributed by atoms with van der Waals surface area (Å²) in [6.45, 7) is 2.74. The molecule has 0 aliphatic carbocycles. The summed E-state index contributed by atoms with van der Waals surface area (Å²) in [5.74, 6) is 0.843. The lowest BCUT2D eigenvalue weighted by atomic mass is 10.0. The molecule has 0 atom stereocenters. The fourth-order valence-electron chi connectivity index (χ4n) is 2.99. The number of hydrogen-bond donors (Lipinski definition) is 2. The van der Waals surface area contributed by atoms with E-state index >= 15 is 0 Å². The minimum absolute atomic E-state index is 0.619. The van der Waals surface area contributed by atoms with E-state index in [0.717, 1.165) is 28.3 Å². The molecule has 4 heteroatoms. The smallest absolute Gasteiger partial charge is 0.126 e. The molecule has 0 saturated carbocycles. The number of hydrogen-bond acceptors (Lipinski definition) is 3. The van der Waals surface area contributed by atoms with Gasteiger partial charge in [0.05, 0.1) is 17.9 Å². The number of rotatable bonds is 5. The van der Waals surface area contributed by atoms with Crippen molar-refractivity contribution in [3.05, 3.63) is 90.3 Å². The summed E-state index contributed by atoms with van der Waals surface area (Å²) in [6.07, 6.45) is 1.84. The SMILES string of the molecule is Cc1ccccc1-c1ccnc(NCc2cc(-c3ccccc3)[nH]n2)c1. The molecule has 128 valence electrons. The van der Waals surface area contributed by atoms with Crippen LogP contribution in [0.5, 0.6) is 0 Å². The maximum absolute atomic E-state index is 4.43. The Hall–Kier alpha value is -3.40. The van der Waals surface area contributed by atoms with Gasteiger partial charge in [-0.3, -0.25) is 5.10 Å². The second-order valence-electron chi connectivity index (χ2n) is 6.24. The van der Waals surface area contributed by atoms with Crippen LogP contribution in [0.3, 0.4) is 0 Å². The zero-order valence-electron chi connectivity index (χ0n) is 14.6. The monoisotopic (exact) mass is 340 g/mol. The van der Waals surface area contributed by atoms with Crippen LogP contribution in [0.15, 0.2) is 79.0 Å². The molecule has 2 N–H and O–H groups in total. The number of nitrogens with one attached hydrogen (secondary N) is 2. The average Bonchev–Trinajstić information content (AvgIpc) is 3.17. The summed E-state index contributed by atoms with van der Waals surface area (Å²) >= 11 is 0. The summed E-state index contributed by atoms with van der Waals surface area (Å²) in [6, 6.07) is 24.7. The molecule has 0 amide bonds. The van der Waals surface area contributed by atoms with E-state index in [1.54, 1.807) is 0 Å². The third-order valence-corrected chi connectivity index (χ3v) is 4.38. The van der Waals surface area contributed by atoms with Gasteiger partial charge in [0.15, 0.2) is 0 Å². The number of anilines is 1. The van der Waals surface area contributed by atoms with Crippen LogP contribution in [-0.4, -0.2) is 15.2 Å².